The molecule has 1 aromatic carbocycles. The summed E-state index contributed by atoms with van der Waals surface area (Å²) in [6.07, 6.45) is 0. The van der Waals surface area contributed by atoms with Crippen molar-refractivity contribution in [3.05, 3.63) is 56.4 Å². The molecule has 0 aliphatic rings. The van der Waals surface area contributed by atoms with Gasteiger partial charge >= 0.3 is 5.82 Å². The van der Waals surface area contributed by atoms with Crippen LogP contribution in [0.15, 0.2) is 34.9 Å². The third-order valence-corrected chi connectivity index (χ3v) is 3.19. The highest BCUT2D eigenvalue weighted by Crippen LogP contribution is 2.25. The van der Waals surface area contributed by atoms with Gasteiger partial charge in [0.2, 0.25) is 10.4 Å². The van der Waals surface area contributed by atoms with Gasteiger partial charge in [-0.05, 0) is 20.9 Å². The summed E-state index contributed by atoms with van der Waals surface area (Å²) in [4.78, 5) is 26.5. The zero-order chi connectivity index (χ0) is 14.0. The van der Waals surface area contributed by atoms with Crippen LogP contribution in [0.4, 0.5) is 5.82 Å². The van der Waals surface area contributed by atoms with E-state index in [-0.39, 0.29) is 22.7 Å². The van der Waals surface area contributed by atoms with Crippen molar-refractivity contribution in [3.8, 4) is 0 Å². The minimum atomic E-state index is -0.553. The number of hydrogen-bond acceptors (Lipinski definition) is 4. The van der Waals surface area contributed by atoms with Gasteiger partial charge in [0.25, 0.3) is 0 Å². The SMILES string of the molecule is Cc1nc(Br)c([N+](=O)[O-])n1CC(=O)c1ccccc1. The number of hydrogen-bond donors (Lipinski definition) is 0. The molecule has 0 atom stereocenters. The number of carbonyl (C=O) groups is 1. The van der Waals surface area contributed by atoms with Gasteiger partial charge < -0.3 is 10.1 Å². The molecule has 2 aromatic rings. The maximum Gasteiger partial charge on any atom is 0.357 e. The summed E-state index contributed by atoms with van der Waals surface area (Å²) in [6, 6.07) is 8.65. The van der Waals surface area contributed by atoms with Gasteiger partial charge in [0.1, 0.15) is 0 Å². The first-order valence-corrected chi connectivity index (χ1v) is 6.25. The van der Waals surface area contributed by atoms with Crippen molar-refractivity contribution in [2.24, 2.45) is 0 Å². The van der Waals surface area contributed by atoms with Crippen LogP contribution in [0.25, 0.3) is 0 Å². The van der Waals surface area contributed by atoms with Gasteiger partial charge in [0.15, 0.2) is 12.4 Å². The maximum absolute atomic E-state index is 12.1. The highest BCUT2D eigenvalue weighted by molar-refractivity contribution is 9.10. The summed E-state index contributed by atoms with van der Waals surface area (Å²) in [5.74, 6) is 0.0151. The Labute approximate surface area is 117 Å². The van der Waals surface area contributed by atoms with Crippen LogP contribution >= 0.6 is 15.9 Å². The van der Waals surface area contributed by atoms with Crippen LogP contribution in [-0.2, 0) is 6.54 Å². The Balaban J connectivity index is 2.34. The van der Waals surface area contributed by atoms with E-state index in [4.69, 9.17) is 0 Å². The molecule has 6 nitrogen and oxygen atoms in total. The zero-order valence-electron chi connectivity index (χ0n) is 10.0. The molecule has 19 heavy (non-hydrogen) atoms. The molecule has 98 valence electrons. The van der Waals surface area contributed by atoms with E-state index in [1.54, 1.807) is 37.3 Å². The molecule has 0 unspecified atom stereocenters. The van der Waals surface area contributed by atoms with E-state index in [1.165, 1.54) is 4.57 Å². The highest BCUT2D eigenvalue weighted by Gasteiger charge is 2.25. The molecule has 0 amide bonds. The second-order valence-electron chi connectivity index (χ2n) is 3.91. The minimum Gasteiger partial charge on any atom is -0.358 e. The molecule has 2 rings (SSSR count). The number of rotatable bonds is 4. The molecule has 0 N–H and O–H groups in total. The highest BCUT2D eigenvalue weighted by atomic mass is 79.9. The molecule has 0 saturated carbocycles. The van der Waals surface area contributed by atoms with Crippen LogP contribution in [0, 0.1) is 17.0 Å². The first-order valence-electron chi connectivity index (χ1n) is 5.46. The Bertz CT molecular complexity index is 637. The van der Waals surface area contributed by atoms with Crippen LogP contribution in [0.3, 0.4) is 0 Å². The predicted octanol–water partition coefficient (Wildman–Crippen LogP) is 2.75. The largest absolute Gasteiger partial charge is 0.358 e. The van der Waals surface area contributed by atoms with E-state index >= 15 is 0 Å². The summed E-state index contributed by atoms with van der Waals surface area (Å²) in [5.41, 5.74) is 0.515. The van der Waals surface area contributed by atoms with Crippen molar-refractivity contribution < 1.29 is 9.72 Å². The third-order valence-electron chi connectivity index (χ3n) is 2.66. The van der Waals surface area contributed by atoms with E-state index in [0.717, 1.165) is 0 Å². The smallest absolute Gasteiger partial charge is 0.357 e. The average Bonchev–Trinajstić information content (AvgIpc) is 2.65. The van der Waals surface area contributed by atoms with Gasteiger partial charge in [0.05, 0.1) is 0 Å². The molecular formula is C12H10BrN3O3. The number of Topliss-reactive ketones (excluding diaryl/α,β-unsaturated/α-hetero) is 1. The first kappa shape index (κ1) is 13.4. The zero-order valence-corrected chi connectivity index (χ0v) is 11.6. The van der Waals surface area contributed by atoms with Crippen molar-refractivity contribution >= 4 is 27.5 Å². The maximum atomic E-state index is 12.1. The fraction of sp³-hybridized carbons (Fsp3) is 0.167. The second kappa shape index (κ2) is 5.31. The lowest BCUT2D eigenvalue weighted by Crippen LogP contribution is -2.13. The van der Waals surface area contributed by atoms with Gasteiger partial charge in [-0.2, -0.15) is 4.98 Å². The Morgan fingerprint density at radius 1 is 1.42 bits per heavy atom. The number of halogens is 1. The van der Waals surface area contributed by atoms with E-state index in [2.05, 4.69) is 20.9 Å². The molecule has 7 heteroatoms. The Kier molecular flexibility index (Phi) is 3.75. The van der Waals surface area contributed by atoms with Gasteiger partial charge in [-0.15, -0.1) is 0 Å². The lowest BCUT2D eigenvalue weighted by molar-refractivity contribution is -0.392. The number of aromatic nitrogens is 2. The molecule has 0 aliphatic carbocycles. The molecule has 0 bridgehead atoms. The quantitative estimate of drug-likeness (QED) is 0.492. The van der Waals surface area contributed by atoms with Crippen LogP contribution in [0.5, 0.6) is 0 Å². The Morgan fingerprint density at radius 2 is 2.05 bits per heavy atom. The Morgan fingerprint density at radius 3 is 2.63 bits per heavy atom. The van der Waals surface area contributed by atoms with Crippen LogP contribution < -0.4 is 0 Å². The molecular weight excluding hydrogens is 314 g/mol. The third kappa shape index (κ3) is 2.70. The van der Waals surface area contributed by atoms with Gasteiger partial charge in [-0.3, -0.25) is 4.79 Å². The van der Waals surface area contributed by atoms with Gasteiger partial charge in [-0.25, -0.2) is 4.57 Å². The van der Waals surface area contributed by atoms with Crippen molar-refractivity contribution in [2.45, 2.75) is 13.5 Å². The topological polar surface area (TPSA) is 78.0 Å². The van der Waals surface area contributed by atoms with Crippen molar-refractivity contribution in [3.63, 3.8) is 0 Å². The van der Waals surface area contributed by atoms with Crippen molar-refractivity contribution in [1.82, 2.24) is 9.55 Å². The lowest BCUT2D eigenvalue weighted by atomic mass is 10.1. The van der Waals surface area contributed by atoms with Crippen LogP contribution in [-0.4, -0.2) is 20.3 Å². The summed E-state index contributed by atoms with van der Waals surface area (Å²) in [6.45, 7) is 1.51. The summed E-state index contributed by atoms with van der Waals surface area (Å²) in [7, 11) is 0. The number of carbonyl (C=O) groups excluding carboxylic acids is 1. The van der Waals surface area contributed by atoms with Crippen LogP contribution in [0.1, 0.15) is 16.2 Å². The summed E-state index contributed by atoms with van der Waals surface area (Å²) >= 11 is 3.03. The van der Waals surface area contributed by atoms with Gasteiger partial charge in [-0.1, -0.05) is 30.3 Å². The number of nitro groups is 1. The number of aryl methyl sites for hydroxylation is 1. The summed E-state index contributed by atoms with van der Waals surface area (Å²) < 4.78 is 1.43. The van der Waals surface area contributed by atoms with Crippen molar-refractivity contribution in [2.75, 3.05) is 0 Å². The molecule has 0 radical (unpaired) electrons. The van der Waals surface area contributed by atoms with E-state index < -0.39 is 4.92 Å². The average molecular weight is 324 g/mol. The standard InChI is InChI=1S/C12H10BrN3O3/c1-8-14-11(13)12(16(18)19)15(8)7-10(17)9-5-3-2-4-6-9/h2-6H,7H2,1H3. The molecule has 1 heterocycles. The molecule has 1 aromatic heterocycles. The van der Waals surface area contributed by atoms with Crippen LogP contribution in [0.2, 0.25) is 0 Å². The first-order chi connectivity index (χ1) is 9.00. The number of imidazole rings is 1. The monoisotopic (exact) mass is 323 g/mol. The Hall–Kier alpha value is -2.02. The molecule has 0 aliphatic heterocycles. The summed E-state index contributed by atoms with van der Waals surface area (Å²) in [5, 5.41) is 11.0. The second-order valence-corrected chi connectivity index (χ2v) is 4.66. The number of nitrogens with zero attached hydrogens (tertiary/aromatic N) is 3. The van der Waals surface area contributed by atoms with Crippen molar-refractivity contribution in [1.29, 1.82) is 0 Å². The lowest BCUT2D eigenvalue weighted by Gasteiger charge is -2.02. The molecule has 0 fully saturated rings. The molecule has 0 saturated heterocycles. The fourth-order valence-electron chi connectivity index (χ4n) is 1.74. The number of ketones is 1. The number of benzene rings is 1. The molecule has 0 spiro atoms. The van der Waals surface area contributed by atoms with E-state index in [0.29, 0.717) is 11.4 Å². The van der Waals surface area contributed by atoms with Gasteiger partial charge in [0, 0.05) is 12.5 Å². The fourth-order valence-corrected chi connectivity index (χ4v) is 2.35. The predicted molar refractivity (Wildman–Crippen MR) is 72.1 cm³/mol. The van der Waals surface area contributed by atoms with E-state index in [9.17, 15) is 14.9 Å². The van der Waals surface area contributed by atoms with E-state index in [1.807, 2.05) is 0 Å². The normalized spacial score (nSPS) is 10.4. The minimum absolute atomic E-state index is 0.106.